The molecule has 24 heavy (non-hydrogen) atoms. The van der Waals surface area contributed by atoms with Gasteiger partial charge in [-0.3, -0.25) is 4.79 Å². The molecule has 4 nitrogen and oxygen atoms in total. The molecule has 1 aliphatic rings. The van der Waals surface area contributed by atoms with Crippen LogP contribution < -0.4 is 5.32 Å². The Balaban J connectivity index is 1.85. The molecule has 1 amide bonds. The maximum atomic E-state index is 13.1. The van der Waals surface area contributed by atoms with Crippen LogP contribution in [0.25, 0.3) is 0 Å². The van der Waals surface area contributed by atoms with Crippen molar-refractivity contribution in [3.63, 3.8) is 0 Å². The van der Waals surface area contributed by atoms with E-state index in [4.69, 9.17) is 4.74 Å². The number of ether oxygens (including phenoxy) is 1. The summed E-state index contributed by atoms with van der Waals surface area (Å²) in [6.07, 6.45) is 2.33. The first-order valence-corrected chi connectivity index (χ1v) is 9.40. The first-order valence-electron chi connectivity index (χ1n) is 8.52. The number of hydrogen-bond donors (Lipinski definition) is 1. The summed E-state index contributed by atoms with van der Waals surface area (Å²) in [4.78, 5) is 17.7. The number of aromatic nitrogens is 1. The van der Waals surface area contributed by atoms with Gasteiger partial charge in [-0.1, -0.05) is 37.3 Å². The van der Waals surface area contributed by atoms with Crippen molar-refractivity contribution in [3.05, 3.63) is 52.0 Å². The van der Waals surface area contributed by atoms with Crippen molar-refractivity contribution in [3.8, 4) is 0 Å². The molecule has 1 N–H and O–H groups in total. The molecule has 0 saturated carbocycles. The predicted octanol–water partition coefficient (Wildman–Crippen LogP) is 3.77. The summed E-state index contributed by atoms with van der Waals surface area (Å²) in [5, 5.41) is 6.39. The first kappa shape index (κ1) is 17.1. The van der Waals surface area contributed by atoms with Crippen molar-refractivity contribution in [1.82, 2.24) is 10.3 Å². The molecule has 1 atom stereocenters. The van der Waals surface area contributed by atoms with Crippen LogP contribution in [0.15, 0.2) is 35.7 Å². The molecule has 2 heterocycles. The van der Waals surface area contributed by atoms with Gasteiger partial charge < -0.3 is 10.1 Å². The zero-order valence-electron chi connectivity index (χ0n) is 14.2. The summed E-state index contributed by atoms with van der Waals surface area (Å²) in [6, 6.07) is 10.0. The molecule has 3 rings (SSSR count). The van der Waals surface area contributed by atoms with Crippen molar-refractivity contribution in [1.29, 1.82) is 0 Å². The van der Waals surface area contributed by atoms with Gasteiger partial charge in [0.05, 0.1) is 11.5 Å². The number of benzene rings is 1. The van der Waals surface area contributed by atoms with Crippen LogP contribution in [0.4, 0.5) is 0 Å². The minimum absolute atomic E-state index is 0.0819. The molecule has 1 aromatic carbocycles. The Hall–Kier alpha value is -1.72. The van der Waals surface area contributed by atoms with Crippen LogP contribution in [-0.4, -0.2) is 24.1 Å². The predicted molar refractivity (Wildman–Crippen MR) is 96.2 cm³/mol. The topological polar surface area (TPSA) is 51.2 Å². The maximum Gasteiger partial charge on any atom is 0.228 e. The van der Waals surface area contributed by atoms with E-state index in [1.54, 1.807) is 11.3 Å². The van der Waals surface area contributed by atoms with Crippen LogP contribution in [0.3, 0.4) is 0 Å². The van der Waals surface area contributed by atoms with Gasteiger partial charge in [-0.2, -0.15) is 0 Å². The van der Waals surface area contributed by atoms with E-state index in [2.05, 4.69) is 17.2 Å². The largest absolute Gasteiger partial charge is 0.381 e. The lowest BCUT2D eigenvalue weighted by atomic mass is 9.88. The van der Waals surface area contributed by atoms with Crippen LogP contribution in [-0.2, 0) is 15.1 Å². The summed E-state index contributed by atoms with van der Waals surface area (Å²) < 4.78 is 5.53. The van der Waals surface area contributed by atoms with Gasteiger partial charge in [0.15, 0.2) is 0 Å². The fourth-order valence-electron chi connectivity index (χ4n) is 3.27. The summed E-state index contributed by atoms with van der Waals surface area (Å²) in [6.45, 7) is 5.36. The number of carbonyl (C=O) groups excluding carboxylic acids is 1. The quantitative estimate of drug-likeness (QED) is 0.898. The third-order valence-corrected chi connectivity index (χ3v) is 5.83. The number of rotatable bonds is 5. The highest BCUT2D eigenvalue weighted by Crippen LogP contribution is 2.35. The molecule has 1 saturated heterocycles. The lowest BCUT2D eigenvalue weighted by Crippen LogP contribution is -2.50. The van der Waals surface area contributed by atoms with Crippen molar-refractivity contribution in [2.24, 2.45) is 0 Å². The minimum atomic E-state index is -0.392. The van der Waals surface area contributed by atoms with Crippen molar-refractivity contribution in [2.45, 2.75) is 44.6 Å². The lowest BCUT2D eigenvalue weighted by molar-refractivity contribution is -0.126. The van der Waals surface area contributed by atoms with E-state index in [0.717, 1.165) is 35.5 Å². The fraction of sp³-hybridized carbons (Fsp3) is 0.474. The highest BCUT2D eigenvalue weighted by atomic mass is 32.1. The number of amides is 1. The third kappa shape index (κ3) is 3.52. The highest BCUT2D eigenvalue weighted by molar-refractivity contribution is 7.09. The van der Waals surface area contributed by atoms with E-state index in [0.29, 0.717) is 13.2 Å². The number of hydrogen-bond acceptors (Lipinski definition) is 4. The van der Waals surface area contributed by atoms with E-state index in [-0.39, 0.29) is 11.8 Å². The number of thiazole rings is 1. The molecule has 1 unspecified atom stereocenters. The van der Waals surface area contributed by atoms with Gasteiger partial charge >= 0.3 is 0 Å². The lowest BCUT2D eigenvalue weighted by Gasteiger charge is -2.37. The second-order valence-electron chi connectivity index (χ2n) is 6.35. The number of carbonyl (C=O) groups is 1. The Kier molecular flexibility index (Phi) is 5.31. The zero-order chi connectivity index (χ0) is 17.0. The minimum Gasteiger partial charge on any atom is -0.381 e. The maximum absolute atomic E-state index is 13.1. The summed E-state index contributed by atoms with van der Waals surface area (Å²) in [5.41, 5.74) is 1.68. The van der Waals surface area contributed by atoms with Crippen molar-refractivity contribution >= 4 is 17.2 Å². The standard InChI is InChI=1S/C19H24N2O2S/c1-3-16(15-7-5-4-6-8-15)17(22)21-19(9-11-23-12-10-19)18-20-14(2)13-24-18/h4-8,13,16H,3,9-12H2,1-2H3,(H,21,22). The second kappa shape index (κ2) is 7.45. The average Bonchev–Trinajstić information content (AvgIpc) is 3.04. The molecule has 0 radical (unpaired) electrons. The molecule has 1 aliphatic heterocycles. The van der Waals surface area contributed by atoms with Gasteiger partial charge in [0.2, 0.25) is 5.91 Å². The van der Waals surface area contributed by atoms with E-state index < -0.39 is 5.54 Å². The Bertz CT molecular complexity index is 678. The number of nitrogens with zero attached hydrogens (tertiary/aromatic N) is 1. The van der Waals surface area contributed by atoms with Gasteiger partial charge in [0.25, 0.3) is 0 Å². The third-order valence-electron chi connectivity index (χ3n) is 4.66. The molecular weight excluding hydrogens is 320 g/mol. The molecule has 1 fully saturated rings. The van der Waals surface area contributed by atoms with Crippen LogP contribution in [0.5, 0.6) is 0 Å². The summed E-state index contributed by atoms with van der Waals surface area (Å²) in [5.74, 6) is -0.0505. The smallest absolute Gasteiger partial charge is 0.228 e. The Morgan fingerprint density at radius 3 is 2.62 bits per heavy atom. The highest BCUT2D eigenvalue weighted by Gasteiger charge is 2.39. The zero-order valence-corrected chi connectivity index (χ0v) is 15.1. The van der Waals surface area contributed by atoms with E-state index in [9.17, 15) is 4.79 Å². The van der Waals surface area contributed by atoms with Crippen LogP contribution in [0.2, 0.25) is 0 Å². The van der Waals surface area contributed by atoms with Crippen LogP contribution in [0.1, 0.15) is 48.4 Å². The van der Waals surface area contributed by atoms with Gasteiger partial charge in [-0.15, -0.1) is 11.3 Å². The second-order valence-corrected chi connectivity index (χ2v) is 7.21. The summed E-state index contributed by atoms with van der Waals surface area (Å²) in [7, 11) is 0. The van der Waals surface area contributed by atoms with Crippen molar-refractivity contribution in [2.75, 3.05) is 13.2 Å². The van der Waals surface area contributed by atoms with Gasteiger partial charge in [-0.05, 0) is 18.9 Å². The molecule has 1 aromatic heterocycles. The van der Waals surface area contributed by atoms with Crippen molar-refractivity contribution < 1.29 is 9.53 Å². The SMILES string of the molecule is CCC(C(=O)NC1(c2nc(C)cs2)CCOCC1)c1ccccc1. The number of nitrogens with one attached hydrogen (secondary N) is 1. The van der Waals surface area contributed by atoms with Crippen LogP contribution >= 0.6 is 11.3 Å². The van der Waals surface area contributed by atoms with Gasteiger partial charge in [-0.25, -0.2) is 4.98 Å². The molecule has 128 valence electrons. The fourth-order valence-corrected chi connectivity index (χ4v) is 4.28. The molecule has 0 spiro atoms. The average molecular weight is 344 g/mol. The van der Waals surface area contributed by atoms with Gasteiger partial charge in [0.1, 0.15) is 5.01 Å². The molecule has 2 aromatic rings. The van der Waals surface area contributed by atoms with E-state index in [1.165, 1.54) is 0 Å². The first-order chi connectivity index (χ1) is 11.6. The number of aryl methyl sites for hydroxylation is 1. The van der Waals surface area contributed by atoms with E-state index >= 15 is 0 Å². The molecule has 0 bridgehead atoms. The van der Waals surface area contributed by atoms with Crippen LogP contribution in [0, 0.1) is 6.92 Å². The Morgan fingerprint density at radius 1 is 1.33 bits per heavy atom. The summed E-state index contributed by atoms with van der Waals surface area (Å²) >= 11 is 1.63. The Morgan fingerprint density at radius 2 is 2.04 bits per heavy atom. The molecule has 5 heteroatoms. The normalized spacial score (nSPS) is 18.1. The molecular formula is C19H24N2O2S. The Labute approximate surface area is 147 Å². The van der Waals surface area contributed by atoms with E-state index in [1.807, 2.05) is 42.6 Å². The van der Waals surface area contributed by atoms with Gasteiger partial charge in [0, 0.05) is 37.1 Å². The monoisotopic (exact) mass is 344 g/mol. The molecule has 0 aliphatic carbocycles.